The smallest absolute Gasteiger partial charge is 0.264 e. The second kappa shape index (κ2) is 12.6. The molecule has 40 heavy (non-hydrogen) atoms. The summed E-state index contributed by atoms with van der Waals surface area (Å²) in [5, 5.41) is 2.93. The maximum atomic E-state index is 14.1. The number of aryl methyl sites for hydroxylation is 2. The third-order valence-corrected chi connectivity index (χ3v) is 8.04. The number of halogens is 1. The largest absolute Gasteiger partial charge is 0.350 e. The molecule has 0 saturated heterocycles. The lowest BCUT2D eigenvalue weighted by Gasteiger charge is -2.35. The van der Waals surface area contributed by atoms with Crippen LogP contribution in [0.15, 0.2) is 77.7 Å². The molecule has 0 aromatic heterocycles. The monoisotopic (exact) mass is 567 g/mol. The highest BCUT2D eigenvalue weighted by Gasteiger charge is 2.34. The molecule has 0 spiro atoms. The molecule has 3 rings (SSSR count). The van der Waals surface area contributed by atoms with Crippen LogP contribution >= 0.6 is 0 Å². The molecule has 3 aromatic carbocycles. The van der Waals surface area contributed by atoms with Gasteiger partial charge in [-0.25, -0.2) is 12.8 Å². The Morgan fingerprint density at radius 2 is 1.50 bits per heavy atom. The van der Waals surface area contributed by atoms with Gasteiger partial charge in [-0.1, -0.05) is 43.3 Å². The van der Waals surface area contributed by atoms with E-state index in [1.807, 2.05) is 40.7 Å². The molecule has 0 aliphatic heterocycles. The first-order valence-electron chi connectivity index (χ1n) is 13.2. The van der Waals surface area contributed by atoms with E-state index in [9.17, 15) is 22.4 Å². The van der Waals surface area contributed by atoms with E-state index >= 15 is 0 Å². The molecule has 0 bridgehead atoms. The summed E-state index contributed by atoms with van der Waals surface area (Å²) in [5.41, 5.74) is 2.10. The molecule has 214 valence electrons. The Morgan fingerprint density at radius 1 is 0.925 bits per heavy atom. The molecule has 0 aliphatic carbocycles. The Morgan fingerprint density at radius 3 is 2.02 bits per heavy atom. The minimum Gasteiger partial charge on any atom is -0.350 e. The van der Waals surface area contributed by atoms with E-state index < -0.39 is 39.9 Å². The van der Waals surface area contributed by atoms with Crippen LogP contribution in [0.1, 0.15) is 50.8 Å². The maximum absolute atomic E-state index is 14.1. The van der Waals surface area contributed by atoms with Crippen LogP contribution in [0.5, 0.6) is 0 Å². The number of nitrogens with zero attached hydrogens (tertiary/aromatic N) is 2. The quantitative estimate of drug-likeness (QED) is 0.357. The molecular formula is C31H38FN3O4S. The SMILES string of the molecule is CC[C@H](C(=O)NC(C)(C)C)N(Cc1ccc(F)cc1)C(=O)CN(c1cc(C)cc(C)c1)S(=O)(=O)c1ccccc1. The fourth-order valence-corrected chi connectivity index (χ4v) is 5.92. The third kappa shape index (κ3) is 7.91. The van der Waals surface area contributed by atoms with Crippen molar-refractivity contribution >= 4 is 27.5 Å². The van der Waals surface area contributed by atoms with Gasteiger partial charge in [0.2, 0.25) is 11.8 Å². The Kier molecular flexibility index (Phi) is 9.73. The zero-order valence-electron chi connectivity index (χ0n) is 23.9. The molecule has 9 heteroatoms. The van der Waals surface area contributed by atoms with Gasteiger partial charge in [0.25, 0.3) is 10.0 Å². The van der Waals surface area contributed by atoms with Gasteiger partial charge in [-0.3, -0.25) is 13.9 Å². The first kappa shape index (κ1) is 30.8. The summed E-state index contributed by atoms with van der Waals surface area (Å²) in [5.74, 6) is -1.33. The van der Waals surface area contributed by atoms with Crippen molar-refractivity contribution in [1.82, 2.24) is 10.2 Å². The highest BCUT2D eigenvalue weighted by atomic mass is 32.2. The number of hydrogen-bond donors (Lipinski definition) is 1. The van der Waals surface area contributed by atoms with Gasteiger partial charge in [0, 0.05) is 12.1 Å². The van der Waals surface area contributed by atoms with Crippen LogP contribution in [0, 0.1) is 19.7 Å². The van der Waals surface area contributed by atoms with Crippen LogP contribution in [-0.2, 0) is 26.2 Å². The summed E-state index contributed by atoms with van der Waals surface area (Å²) < 4.78 is 42.5. The number of hydrogen-bond acceptors (Lipinski definition) is 4. The van der Waals surface area contributed by atoms with Gasteiger partial charge >= 0.3 is 0 Å². The van der Waals surface area contributed by atoms with Crippen molar-refractivity contribution in [3.63, 3.8) is 0 Å². The lowest BCUT2D eigenvalue weighted by atomic mass is 10.1. The van der Waals surface area contributed by atoms with E-state index in [2.05, 4.69) is 5.32 Å². The Hall–Kier alpha value is -3.72. The lowest BCUT2D eigenvalue weighted by molar-refractivity contribution is -0.141. The Balaban J connectivity index is 2.09. The highest BCUT2D eigenvalue weighted by Crippen LogP contribution is 2.27. The third-order valence-electron chi connectivity index (χ3n) is 6.25. The topological polar surface area (TPSA) is 86.8 Å². The van der Waals surface area contributed by atoms with Crippen LogP contribution in [0.25, 0.3) is 0 Å². The Bertz CT molecular complexity index is 1420. The summed E-state index contributed by atoms with van der Waals surface area (Å²) in [6.45, 7) is 10.5. The number of carbonyl (C=O) groups is 2. The number of amides is 2. The van der Waals surface area contributed by atoms with Crippen LogP contribution in [0.2, 0.25) is 0 Å². The van der Waals surface area contributed by atoms with E-state index in [1.54, 1.807) is 49.4 Å². The molecule has 0 radical (unpaired) electrons. The average molecular weight is 568 g/mol. The first-order valence-corrected chi connectivity index (χ1v) is 14.7. The zero-order chi connectivity index (χ0) is 29.7. The fourth-order valence-electron chi connectivity index (χ4n) is 4.50. The van der Waals surface area contributed by atoms with E-state index in [-0.39, 0.29) is 17.3 Å². The molecule has 7 nitrogen and oxygen atoms in total. The van der Waals surface area contributed by atoms with Crippen LogP contribution in [-0.4, -0.2) is 43.3 Å². The molecule has 0 aliphatic rings. The van der Waals surface area contributed by atoms with E-state index in [0.717, 1.165) is 15.4 Å². The molecule has 1 atom stereocenters. The van der Waals surface area contributed by atoms with E-state index in [0.29, 0.717) is 17.7 Å². The number of sulfonamides is 1. The predicted molar refractivity (Wildman–Crippen MR) is 156 cm³/mol. The Labute approximate surface area is 237 Å². The molecule has 3 aromatic rings. The number of nitrogens with one attached hydrogen (secondary N) is 1. The summed E-state index contributed by atoms with van der Waals surface area (Å²) in [6.07, 6.45) is 0.295. The number of anilines is 1. The summed E-state index contributed by atoms with van der Waals surface area (Å²) >= 11 is 0. The summed E-state index contributed by atoms with van der Waals surface area (Å²) in [7, 11) is -4.14. The molecule has 0 fully saturated rings. The lowest BCUT2D eigenvalue weighted by Crippen LogP contribution is -2.55. The second-order valence-electron chi connectivity index (χ2n) is 11.0. The molecule has 0 heterocycles. The molecule has 0 saturated carbocycles. The van der Waals surface area contributed by atoms with Gasteiger partial charge in [-0.05, 0) is 94.1 Å². The van der Waals surface area contributed by atoms with Crippen LogP contribution < -0.4 is 9.62 Å². The van der Waals surface area contributed by atoms with E-state index in [4.69, 9.17) is 0 Å². The van der Waals surface area contributed by atoms with Crippen LogP contribution in [0.4, 0.5) is 10.1 Å². The normalized spacial score (nSPS) is 12.5. The highest BCUT2D eigenvalue weighted by molar-refractivity contribution is 7.92. The van der Waals surface area contributed by atoms with Crippen molar-refractivity contribution in [1.29, 1.82) is 0 Å². The zero-order valence-corrected chi connectivity index (χ0v) is 24.8. The predicted octanol–water partition coefficient (Wildman–Crippen LogP) is 5.36. The molecule has 0 unspecified atom stereocenters. The van der Waals surface area contributed by atoms with E-state index in [1.165, 1.54) is 29.2 Å². The first-order chi connectivity index (χ1) is 18.7. The minimum absolute atomic E-state index is 0.00124. The van der Waals surface area contributed by atoms with Crippen LogP contribution in [0.3, 0.4) is 0 Å². The number of benzene rings is 3. The molecule has 2 amide bonds. The molecule has 1 N–H and O–H groups in total. The maximum Gasteiger partial charge on any atom is 0.264 e. The second-order valence-corrected chi connectivity index (χ2v) is 12.8. The van der Waals surface area contributed by atoms with Crippen molar-refractivity contribution in [2.75, 3.05) is 10.8 Å². The minimum atomic E-state index is -4.14. The van der Waals surface area contributed by atoms with Gasteiger partial charge in [0.15, 0.2) is 0 Å². The van der Waals surface area contributed by atoms with Crippen molar-refractivity contribution in [2.24, 2.45) is 0 Å². The fraction of sp³-hybridized carbons (Fsp3) is 0.355. The number of rotatable bonds is 10. The van der Waals surface area contributed by atoms with Gasteiger partial charge in [0.05, 0.1) is 10.6 Å². The van der Waals surface area contributed by atoms with Gasteiger partial charge in [-0.15, -0.1) is 0 Å². The summed E-state index contributed by atoms with van der Waals surface area (Å²) in [6, 6.07) is 18.1. The van der Waals surface area contributed by atoms with Crippen molar-refractivity contribution < 1.29 is 22.4 Å². The van der Waals surface area contributed by atoms with Gasteiger partial charge in [0.1, 0.15) is 18.4 Å². The number of carbonyl (C=O) groups excluding carboxylic acids is 2. The standard InChI is InChI=1S/C31H38FN3O4S/c1-7-28(30(37)33-31(4,5)6)34(20-24-13-15-25(32)16-14-24)29(36)21-35(26-18-22(2)17-23(3)19-26)40(38,39)27-11-9-8-10-12-27/h8-19,28H,7,20-21H2,1-6H3,(H,33,37)/t28-/m1/s1. The van der Waals surface area contributed by atoms with Crippen molar-refractivity contribution in [3.05, 3.63) is 95.3 Å². The van der Waals surface area contributed by atoms with Gasteiger partial charge < -0.3 is 10.2 Å². The van der Waals surface area contributed by atoms with Crippen molar-refractivity contribution in [2.45, 2.75) is 71.0 Å². The van der Waals surface area contributed by atoms with Gasteiger partial charge in [-0.2, -0.15) is 0 Å². The van der Waals surface area contributed by atoms with Crippen molar-refractivity contribution in [3.8, 4) is 0 Å². The average Bonchev–Trinajstić information content (AvgIpc) is 2.87. The summed E-state index contributed by atoms with van der Waals surface area (Å²) in [4.78, 5) is 28.9. The molecular weight excluding hydrogens is 529 g/mol.